The maximum atomic E-state index is 12.7. The highest BCUT2D eigenvalue weighted by Crippen LogP contribution is 2.55. The van der Waals surface area contributed by atoms with Crippen molar-refractivity contribution in [3.05, 3.63) is 57.6 Å². The Kier molecular flexibility index (Phi) is 5.04. The fourth-order valence-electron chi connectivity index (χ4n) is 3.46. The van der Waals surface area contributed by atoms with Crippen LogP contribution in [0.25, 0.3) is 0 Å². The maximum absolute atomic E-state index is 12.7. The predicted octanol–water partition coefficient (Wildman–Crippen LogP) is 4.09. The molecule has 1 atom stereocenters. The van der Waals surface area contributed by atoms with Crippen molar-refractivity contribution in [1.82, 2.24) is 0 Å². The van der Waals surface area contributed by atoms with E-state index >= 15 is 0 Å². The van der Waals surface area contributed by atoms with Gasteiger partial charge in [0.25, 0.3) is 0 Å². The van der Waals surface area contributed by atoms with E-state index in [9.17, 15) is 13.2 Å². The van der Waals surface area contributed by atoms with Gasteiger partial charge in [-0.1, -0.05) is 23.8 Å². The summed E-state index contributed by atoms with van der Waals surface area (Å²) in [7, 11) is -3.26. The van der Waals surface area contributed by atoms with Gasteiger partial charge in [0.2, 0.25) is 0 Å². The standard InChI is InChI=1S/C19H24O4S/c1-13(7-5-8-14(2)12-17(20)21)11-16-18-15(3)9-6-10-19(18,4)24(16,22)23/h5,7-8,11-12H,6,9-10H2,1-4H3,(H,20,21)/b8-5+,13-7+,14-12+,16-11+/t19-/m0/s1. The minimum Gasteiger partial charge on any atom is -0.478 e. The molecule has 4 nitrogen and oxygen atoms in total. The van der Waals surface area contributed by atoms with Crippen LogP contribution in [0.2, 0.25) is 0 Å². The lowest BCUT2D eigenvalue weighted by Crippen LogP contribution is -2.51. The van der Waals surface area contributed by atoms with Gasteiger partial charge in [-0.25, -0.2) is 13.2 Å². The van der Waals surface area contributed by atoms with Crippen LogP contribution in [-0.4, -0.2) is 24.2 Å². The summed E-state index contributed by atoms with van der Waals surface area (Å²) in [6.45, 7) is 7.40. The fourth-order valence-corrected chi connectivity index (χ4v) is 5.77. The summed E-state index contributed by atoms with van der Waals surface area (Å²) in [5.41, 5.74) is 3.61. The third kappa shape index (κ3) is 3.18. The van der Waals surface area contributed by atoms with Crippen LogP contribution >= 0.6 is 0 Å². The Labute approximate surface area is 143 Å². The smallest absolute Gasteiger partial charge is 0.328 e. The molecule has 1 heterocycles. The highest BCUT2D eigenvalue weighted by molar-refractivity contribution is 7.99. The molecule has 1 N–H and O–H groups in total. The van der Waals surface area contributed by atoms with Crippen LogP contribution in [0.5, 0.6) is 0 Å². The lowest BCUT2D eigenvalue weighted by Gasteiger charge is -2.47. The van der Waals surface area contributed by atoms with Gasteiger partial charge in [0.15, 0.2) is 9.84 Å². The second-order valence-corrected chi connectivity index (χ2v) is 9.10. The number of carbonyl (C=O) groups is 1. The summed E-state index contributed by atoms with van der Waals surface area (Å²) in [6, 6.07) is 0. The molecule has 2 aliphatic rings. The Bertz CT molecular complexity index is 819. The van der Waals surface area contributed by atoms with Gasteiger partial charge >= 0.3 is 5.97 Å². The van der Waals surface area contributed by atoms with Crippen LogP contribution in [0, 0.1) is 0 Å². The normalized spacial score (nSPS) is 28.9. The third-order valence-corrected chi connectivity index (χ3v) is 7.21. The van der Waals surface area contributed by atoms with E-state index in [2.05, 4.69) is 0 Å². The first-order valence-corrected chi connectivity index (χ1v) is 9.51. The zero-order valence-electron chi connectivity index (χ0n) is 14.6. The van der Waals surface area contributed by atoms with Crippen molar-refractivity contribution in [2.24, 2.45) is 0 Å². The average molecular weight is 348 g/mol. The van der Waals surface area contributed by atoms with Crippen LogP contribution < -0.4 is 0 Å². The summed E-state index contributed by atoms with van der Waals surface area (Å²) in [5.74, 6) is -0.987. The zero-order valence-corrected chi connectivity index (χ0v) is 15.4. The molecule has 1 fully saturated rings. The van der Waals surface area contributed by atoms with Gasteiger partial charge < -0.3 is 5.11 Å². The van der Waals surface area contributed by atoms with E-state index in [0.29, 0.717) is 16.9 Å². The van der Waals surface area contributed by atoms with Crippen molar-refractivity contribution in [1.29, 1.82) is 0 Å². The van der Waals surface area contributed by atoms with E-state index < -0.39 is 20.6 Å². The number of sulfone groups is 1. The van der Waals surface area contributed by atoms with Crippen molar-refractivity contribution < 1.29 is 18.3 Å². The fraction of sp³-hybridized carbons (Fsp3) is 0.421. The molecule has 0 saturated carbocycles. The SMILES string of the molecule is CC1=C2\C(=C/C(C)=C/C=C/C(C)=C/C(=O)O)S(=O)(=O)[C@@]2(C)CCC1. The molecule has 1 aliphatic heterocycles. The highest BCUT2D eigenvalue weighted by Gasteiger charge is 2.58. The number of hydrogen-bond donors (Lipinski definition) is 1. The molecule has 0 aromatic heterocycles. The molecule has 1 saturated heterocycles. The molecule has 0 unspecified atom stereocenters. The van der Waals surface area contributed by atoms with E-state index in [4.69, 9.17) is 5.11 Å². The maximum Gasteiger partial charge on any atom is 0.328 e. The summed E-state index contributed by atoms with van der Waals surface area (Å²) in [4.78, 5) is 11.0. The first kappa shape index (κ1) is 18.5. The highest BCUT2D eigenvalue weighted by atomic mass is 32.2. The zero-order chi connectivity index (χ0) is 18.1. The van der Waals surface area contributed by atoms with Crippen molar-refractivity contribution in [2.45, 2.75) is 51.7 Å². The lowest BCUT2D eigenvalue weighted by molar-refractivity contribution is -0.131. The lowest BCUT2D eigenvalue weighted by atomic mass is 9.82. The second-order valence-electron chi connectivity index (χ2n) is 6.75. The van der Waals surface area contributed by atoms with Gasteiger partial charge in [0.1, 0.15) is 4.75 Å². The Morgan fingerprint density at radius 1 is 1.25 bits per heavy atom. The van der Waals surface area contributed by atoms with Gasteiger partial charge in [-0.2, -0.15) is 0 Å². The number of aliphatic carboxylic acids is 1. The van der Waals surface area contributed by atoms with Gasteiger partial charge in [-0.3, -0.25) is 0 Å². The van der Waals surface area contributed by atoms with Gasteiger partial charge in [0, 0.05) is 6.08 Å². The number of fused-ring (bicyclic) bond motifs is 1. The summed E-state index contributed by atoms with van der Waals surface area (Å²) < 4.78 is 24.6. The molecule has 2 rings (SSSR count). The average Bonchev–Trinajstić information content (AvgIpc) is 2.45. The molecular weight excluding hydrogens is 324 g/mol. The molecule has 24 heavy (non-hydrogen) atoms. The molecule has 0 radical (unpaired) electrons. The Morgan fingerprint density at radius 3 is 2.54 bits per heavy atom. The number of carboxylic acid groups (broad SMARTS) is 1. The van der Waals surface area contributed by atoms with Crippen LogP contribution in [0.15, 0.2) is 57.6 Å². The number of hydrogen-bond acceptors (Lipinski definition) is 3. The van der Waals surface area contributed by atoms with Crippen LogP contribution in [0.3, 0.4) is 0 Å². The van der Waals surface area contributed by atoms with Crippen molar-refractivity contribution in [2.75, 3.05) is 0 Å². The molecule has 5 heteroatoms. The summed E-state index contributed by atoms with van der Waals surface area (Å²) >= 11 is 0. The van der Waals surface area contributed by atoms with Gasteiger partial charge in [-0.15, -0.1) is 0 Å². The Balaban J connectivity index is 2.29. The Morgan fingerprint density at radius 2 is 1.92 bits per heavy atom. The Hall–Kier alpha value is -1.88. The molecule has 0 spiro atoms. The van der Waals surface area contributed by atoms with E-state index in [1.807, 2.05) is 20.8 Å². The first-order valence-electron chi connectivity index (χ1n) is 8.03. The molecular formula is C19H24O4S. The third-order valence-electron chi connectivity index (χ3n) is 4.72. The minimum atomic E-state index is -3.26. The molecule has 130 valence electrons. The quantitative estimate of drug-likeness (QED) is 0.613. The summed E-state index contributed by atoms with van der Waals surface area (Å²) in [6.07, 6.45) is 10.6. The van der Waals surface area contributed by atoms with E-state index in [1.54, 1.807) is 31.2 Å². The summed E-state index contributed by atoms with van der Waals surface area (Å²) in [5, 5.41) is 8.66. The van der Waals surface area contributed by atoms with Gasteiger partial charge in [-0.05, 0) is 69.8 Å². The largest absolute Gasteiger partial charge is 0.478 e. The number of carboxylic acids is 1. The molecule has 0 amide bonds. The van der Waals surface area contributed by atoms with E-state index in [1.165, 1.54) is 5.57 Å². The second kappa shape index (κ2) is 6.55. The predicted molar refractivity (Wildman–Crippen MR) is 96.2 cm³/mol. The minimum absolute atomic E-state index is 0.446. The van der Waals surface area contributed by atoms with Crippen molar-refractivity contribution >= 4 is 15.8 Å². The molecule has 0 aromatic rings. The van der Waals surface area contributed by atoms with Crippen molar-refractivity contribution in [3.63, 3.8) is 0 Å². The van der Waals surface area contributed by atoms with Gasteiger partial charge in [0.05, 0.1) is 4.91 Å². The number of rotatable bonds is 4. The van der Waals surface area contributed by atoms with Crippen LogP contribution in [0.1, 0.15) is 47.0 Å². The number of allylic oxidation sites excluding steroid dienone is 8. The van der Waals surface area contributed by atoms with E-state index in [-0.39, 0.29) is 0 Å². The molecule has 1 aliphatic carbocycles. The molecule has 0 aromatic carbocycles. The topological polar surface area (TPSA) is 71.4 Å². The molecule has 0 bridgehead atoms. The monoisotopic (exact) mass is 348 g/mol. The first-order chi connectivity index (χ1) is 11.1. The van der Waals surface area contributed by atoms with E-state index in [0.717, 1.165) is 30.1 Å². The van der Waals surface area contributed by atoms with Crippen LogP contribution in [0.4, 0.5) is 0 Å². The van der Waals surface area contributed by atoms with Crippen molar-refractivity contribution in [3.8, 4) is 0 Å². The van der Waals surface area contributed by atoms with Crippen LogP contribution in [-0.2, 0) is 14.6 Å².